The van der Waals surface area contributed by atoms with Crippen molar-refractivity contribution in [1.29, 1.82) is 0 Å². The molecular weight excluding hydrogens is 383 g/mol. The topological polar surface area (TPSA) is 85.6 Å². The summed E-state index contributed by atoms with van der Waals surface area (Å²) < 4.78 is 38.3. The number of halogens is 1. The Morgan fingerprint density at radius 1 is 1.25 bits per heavy atom. The van der Waals surface area contributed by atoms with E-state index in [1.54, 1.807) is 4.68 Å². The lowest BCUT2D eigenvalue weighted by molar-refractivity contribution is 0.248. The van der Waals surface area contributed by atoms with Gasteiger partial charge in [0.25, 0.3) is 0 Å². The number of amides is 2. The normalized spacial score (nSPS) is 20.6. The summed E-state index contributed by atoms with van der Waals surface area (Å²) in [6.45, 7) is 2.47. The Morgan fingerprint density at radius 3 is 2.57 bits per heavy atom. The van der Waals surface area contributed by atoms with Crippen LogP contribution in [0.2, 0.25) is 0 Å². The third-order valence-corrected chi connectivity index (χ3v) is 6.65. The van der Waals surface area contributed by atoms with Crippen LogP contribution in [0.15, 0.2) is 15.5 Å². The first-order valence-electron chi connectivity index (χ1n) is 9.55. The van der Waals surface area contributed by atoms with E-state index >= 15 is 0 Å². The molecule has 1 atom stereocenters. The second-order valence-corrected chi connectivity index (χ2v) is 8.63. The Balaban J connectivity index is 1.46. The van der Waals surface area contributed by atoms with Crippen LogP contribution in [0.5, 0.6) is 5.88 Å². The number of benzene rings is 1. The highest BCUT2D eigenvalue weighted by Gasteiger charge is 2.29. The lowest BCUT2D eigenvalue weighted by Gasteiger charge is -2.17. The van der Waals surface area contributed by atoms with Crippen molar-refractivity contribution in [2.75, 3.05) is 5.32 Å². The largest absolute Gasteiger partial charge is 0.474 e. The van der Waals surface area contributed by atoms with Gasteiger partial charge in [-0.2, -0.15) is 5.10 Å². The lowest BCUT2D eigenvalue weighted by Crippen LogP contribution is -2.13. The fourth-order valence-corrected chi connectivity index (χ4v) is 5.22. The van der Waals surface area contributed by atoms with Crippen LogP contribution in [0.1, 0.15) is 42.0 Å². The third-order valence-electron chi connectivity index (χ3n) is 5.66. The summed E-state index contributed by atoms with van der Waals surface area (Å²) in [7, 11) is -1.92. The lowest BCUT2D eigenvalue weighted by atomic mass is 9.98. The SMILES string of the molecule is C[C@@H]1Cn2ncc([S-](=O)=NC(=O)Nc3c4c(c(F)c5c3CCC5)CCC4)c2O1. The average Bonchev–Trinajstić information content (AvgIpc) is 3.40. The third kappa shape index (κ3) is 2.71. The summed E-state index contributed by atoms with van der Waals surface area (Å²) in [4.78, 5) is 12.8. The molecule has 2 aliphatic carbocycles. The number of nitrogens with zero attached hydrogens (tertiary/aromatic N) is 3. The second kappa shape index (κ2) is 6.58. The van der Waals surface area contributed by atoms with Crippen molar-refractivity contribution in [3.63, 3.8) is 0 Å². The smallest absolute Gasteiger partial charge is 0.322 e. The molecule has 1 aromatic carbocycles. The van der Waals surface area contributed by atoms with E-state index in [-0.39, 0.29) is 16.8 Å². The van der Waals surface area contributed by atoms with E-state index in [0.717, 1.165) is 36.8 Å². The van der Waals surface area contributed by atoms with Crippen LogP contribution in [0.4, 0.5) is 14.9 Å². The monoisotopic (exact) mass is 403 g/mol. The van der Waals surface area contributed by atoms with Gasteiger partial charge < -0.3 is 18.6 Å². The second-order valence-electron chi connectivity index (χ2n) is 7.51. The number of aromatic nitrogens is 2. The van der Waals surface area contributed by atoms with Gasteiger partial charge in [-0.3, -0.25) is 0 Å². The van der Waals surface area contributed by atoms with E-state index in [2.05, 4.69) is 14.8 Å². The van der Waals surface area contributed by atoms with Gasteiger partial charge in [0.05, 0.1) is 6.54 Å². The molecule has 0 bridgehead atoms. The summed E-state index contributed by atoms with van der Waals surface area (Å²) in [6.07, 6.45) is 5.97. The van der Waals surface area contributed by atoms with Crippen molar-refractivity contribution in [1.82, 2.24) is 9.78 Å². The van der Waals surface area contributed by atoms with Crippen LogP contribution in [0, 0.1) is 5.82 Å². The van der Waals surface area contributed by atoms with Crippen LogP contribution in [0.3, 0.4) is 0 Å². The Morgan fingerprint density at radius 2 is 1.89 bits per heavy atom. The van der Waals surface area contributed by atoms with Gasteiger partial charge in [0.1, 0.15) is 11.9 Å². The molecule has 0 unspecified atom stereocenters. The van der Waals surface area contributed by atoms with Crippen LogP contribution < -0.4 is 10.1 Å². The summed E-state index contributed by atoms with van der Waals surface area (Å²) >= 11 is 0. The van der Waals surface area contributed by atoms with E-state index < -0.39 is 16.6 Å². The predicted octanol–water partition coefficient (Wildman–Crippen LogP) is 3.52. The molecule has 1 aromatic heterocycles. The van der Waals surface area contributed by atoms with E-state index in [1.807, 2.05) is 6.92 Å². The van der Waals surface area contributed by atoms with Crippen molar-refractivity contribution < 1.29 is 18.1 Å². The summed E-state index contributed by atoms with van der Waals surface area (Å²) in [5, 5.41) is 6.93. The quantitative estimate of drug-likeness (QED) is 0.778. The molecule has 0 fully saturated rings. The minimum atomic E-state index is -1.92. The number of rotatable bonds is 2. The van der Waals surface area contributed by atoms with Crippen molar-refractivity contribution in [3.8, 4) is 5.88 Å². The van der Waals surface area contributed by atoms with Gasteiger partial charge in [0, 0.05) is 11.9 Å². The van der Waals surface area contributed by atoms with Crippen LogP contribution in [0.25, 0.3) is 0 Å². The maximum absolute atomic E-state index is 14.7. The minimum Gasteiger partial charge on any atom is -0.474 e. The molecule has 0 radical (unpaired) electrons. The summed E-state index contributed by atoms with van der Waals surface area (Å²) in [6, 6.07) is -0.695. The highest BCUT2D eigenvalue weighted by Crippen LogP contribution is 2.41. The highest BCUT2D eigenvalue weighted by molar-refractivity contribution is 7.75. The molecule has 1 N–H and O–H groups in total. The molecule has 148 valence electrons. The molecule has 0 spiro atoms. The number of urea groups is 1. The van der Waals surface area contributed by atoms with Crippen LogP contribution in [-0.2, 0) is 47.0 Å². The first-order chi connectivity index (χ1) is 13.5. The molecule has 7 nitrogen and oxygen atoms in total. The van der Waals surface area contributed by atoms with Gasteiger partial charge in [0.2, 0.25) is 0 Å². The summed E-state index contributed by atoms with van der Waals surface area (Å²) in [5.74, 6) is 0.297. The molecule has 9 heteroatoms. The molecule has 2 aromatic rings. The number of anilines is 1. The maximum Gasteiger partial charge on any atom is 0.322 e. The fourth-order valence-electron chi connectivity index (χ4n) is 4.49. The molecule has 28 heavy (non-hydrogen) atoms. The average molecular weight is 403 g/mol. The molecule has 0 saturated carbocycles. The number of carbonyl (C=O) groups excluding carboxylic acids is 1. The van der Waals surface area contributed by atoms with E-state index in [4.69, 9.17) is 4.74 Å². The minimum absolute atomic E-state index is 0.0577. The van der Waals surface area contributed by atoms with E-state index in [1.165, 1.54) is 6.20 Å². The summed E-state index contributed by atoms with van der Waals surface area (Å²) in [5.41, 5.74) is 3.85. The van der Waals surface area contributed by atoms with Gasteiger partial charge in [-0.15, -0.1) is 10.6 Å². The molecule has 2 heterocycles. The number of nitrogens with one attached hydrogen (secondary N) is 1. The molecule has 1 aliphatic heterocycles. The van der Waals surface area contributed by atoms with Gasteiger partial charge in [-0.25, -0.2) is 13.9 Å². The number of ether oxygens (including phenoxy) is 1. The Labute approximate surface area is 163 Å². The molecule has 5 rings (SSSR count). The van der Waals surface area contributed by atoms with Gasteiger partial charge in [0.15, 0.2) is 5.88 Å². The number of hydrogen-bond donors (Lipinski definition) is 1. The zero-order chi connectivity index (χ0) is 19.4. The molecule has 0 saturated heterocycles. The number of carbonyl (C=O) groups is 1. The van der Waals surface area contributed by atoms with Crippen molar-refractivity contribution >= 4 is 22.3 Å². The zero-order valence-corrected chi connectivity index (χ0v) is 16.3. The standard InChI is InChI=1S/C19H20FN4O3S/c1-10-9-24-18(27-10)15(8-21-24)28(26)23-19(25)22-17-13-6-2-4-11(13)16(20)12-5-3-7-14(12)17/h8,10H,2-7,9H2,1H3,(H,22,25)/q-1/t10-/m1/s1. The maximum atomic E-state index is 14.7. The van der Waals surface area contributed by atoms with E-state index in [0.29, 0.717) is 42.1 Å². The number of fused-ring (bicyclic) bond motifs is 3. The fraction of sp³-hybridized carbons (Fsp3) is 0.474. The van der Waals surface area contributed by atoms with Crippen molar-refractivity contribution in [3.05, 3.63) is 34.3 Å². The highest BCUT2D eigenvalue weighted by atomic mass is 32.2. The Bertz CT molecular complexity index is 1050. The van der Waals surface area contributed by atoms with Gasteiger partial charge >= 0.3 is 6.03 Å². The van der Waals surface area contributed by atoms with E-state index in [9.17, 15) is 13.4 Å². The first-order valence-corrected chi connectivity index (χ1v) is 10.7. The number of hydrogen-bond acceptors (Lipinski definition) is 5. The Kier molecular flexibility index (Phi) is 4.15. The van der Waals surface area contributed by atoms with Crippen LogP contribution >= 0.6 is 0 Å². The van der Waals surface area contributed by atoms with Gasteiger partial charge in [-0.1, -0.05) is 0 Å². The molecule has 2 amide bonds. The van der Waals surface area contributed by atoms with Crippen molar-refractivity contribution in [2.24, 2.45) is 4.36 Å². The predicted molar refractivity (Wildman–Crippen MR) is 101 cm³/mol. The molecular formula is C19H20FN4O3S-. The first kappa shape index (κ1) is 17.7. The van der Waals surface area contributed by atoms with Crippen molar-refractivity contribution in [2.45, 2.75) is 63.0 Å². The van der Waals surface area contributed by atoms with Crippen LogP contribution in [-0.4, -0.2) is 21.9 Å². The Hall–Kier alpha value is -2.42. The zero-order valence-electron chi connectivity index (χ0n) is 15.5. The van der Waals surface area contributed by atoms with Gasteiger partial charge in [-0.05, 0) is 72.6 Å². The molecule has 3 aliphatic rings.